The highest BCUT2D eigenvalue weighted by molar-refractivity contribution is 5.98. The van der Waals surface area contributed by atoms with Crippen LogP contribution in [0.5, 0.6) is 5.75 Å². The molecule has 4 rings (SSSR count). The molecule has 0 radical (unpaired) electrons. The highest BCUT2D eigenvalue weighted by Gasteiger charge is 2.37. The number of ether oxygens (including phenoxy) is 2. The average molecular weight is 470 g/mol. The first kappa shape index (κ1) is 23.6. The van der Waals surface area contributed by atoms with Gasteiger partial charge in [-0.05, 0) is 45.7 Å². The van der Waals surface area contributed by atoms with Crippen LogP contribution in [-0.2, 0) is 11.3 Å². The Hall–Kier alpha value is -3.60. The normalized spacial score (nSPS) is 16.0. The van der Waals surface area contributed by atoms with Gasteiger partial charge in [0.2, 0.25) is 0 Å². The van der Waals surface area contributed by atoms with Crippen LogP contribution in [0.15, 0.2) is 24.5 Å². The van der Waals surface area contributed by atoms with Crippen LogP contribution >= 0.6 is 0 Å². The van der Waals surface area contributed by atoms with Crippen molar-refractivity contribution in [2.75, 3.05) is 31.7 Å². The molecule has 5 N–H and O–H groups in total. The van der Waals surface area contributed by atoms with Crippen molar-refractivity contribution < 1.29 is 19.4 Å². The van der Waals surface area contributed by atoms with Gasteiger partial charge in [0.25, 0.3) is 0 Å². The van der Waals surface area contributed by atoms with Crippen LogP contribution < -0.4 is 16.2 Å². The Morgan fingerprint density at radius 1 is 1.21 bits per heavy atom. The number of aliphatic hydroxyl groups is 1. The van der Waals surface area contributed by atoms with E-state index >= 15 is 0 Å². The molecule has 0 unspecified atom stereocenters. The Kier molecular flexibility index (Phi) is 5.98. The van der Waals surface area contributed by atoms with Gasteiger partial charge in [0.05, 0.1) is 30.3 Å². The first-order chi connectivity index (χ1) is 16.0. The van der Waals surface area contributed by atoms with E-state index in [9.17, 15) is 9.90 Å². The summed E-state index contributed by atoms with van der Waals surface area (Å²) in [5, 5.41) is 16.7. The summed E-state index contributed by atoms with van der Waals surface area (Å²) in [6.45, 7) is 6.43. The minimum Gasteiger partial charge on any atom is -0.495 e. The molecular weight excluding hydrogens is 438 g/mol. The smallest absolute Gasteiger partial charge is 0.410 e. The van der Waals surface area contributed by atoms with E-state index in [1.807, 2.05) is 26.8 Å². The Labute approximate surface area is 197 Å². The second-order valence-electron chi connectivity index (χ2n) is 9.61. The molecule has 0 aliphatic carbocycles. The Morgan fingerprint density at radius 3 is 2.56 bits per heavy atom. The summed E-state index contributed by atoms with van der Waals surface area (Å²) in [5.41, 5.74) is 12.8. The Morgan fingerprint density at radius 2 is 1.91 bits per heavy atom. The van der Waals surface area contributed by atoms with Crippen molar-refractivity contribution in [1.29, 1.82) is 0 Å². The molecule has 1 fully saturated rings. The van der Waals surface area contributed by atoms with Crippen LogP contribution in [0.4, 0.5) is 16.3 Å². The van der Waals surface area contributed by atoms with Crippen molar-refractivity contribution in [2.45, 2.75) is 51.4 Å². The van der Waals surface area contributed by atoms with Gasteiger partial charge in [-0.3, -0.25) is 0 Å². The van der Waals surface area contributed by atoms with Crippen LogP contribution in [-0.4, -0.2) is 67.2 Å². The maximum absolute atomic E-state index is 12.4. The van der Waals surface area contributed by atoms with Gasteiger partial charge in [-0.1, -0.05) is 6.07 Å². The maximum atomic E-state index is 12.4. The summed E-state index contributed by atoms with van der Waals surface area (Å²) in [6, 6.07) is 5.34. The van der Waals surface area contributed by atoms with E-state index in [-0.39, 0.29) is 18.5 Å². The number of rotatable bonds is 4. The highest BCUT2D eigenvalue weighted by Crippen LogP contribution is 2.35. The highest BCUT2D eigenvalue weighted by atomic mass is 16.6. The standard InChI is InChI=1S/C23H31N7O4/c1-22(2,3)34-21(31)29-9-7-23(32,8-10-29)12-30-20-17(19(25)26-13-27-20)18(28-30)14-5-6-15(24)16(11-14)33-4/h5-6,11,13,32H,7-10,12,24H2,1-4H3,(H2,25,26,27). The quantitative estimate of drug-likeness (QED) is 0.489. The molecule has 1 aromatic carbocycles. The lowest BCUT2D eigenvalue weighted by atomic mass is 9.91. The van der Waals surface area contributed by atoms with Crippen molar-refractivity contribution in [3.05, 3.63) is 24.5 Å². The number of amides is 1. The Balaban J connectivity index is 1.61. The molecule has 0 bridgehead atoms. The van der Waals surface area contributed by atoms with Crippen LogP contribution in [0.2, 0.25) is 0 Å². The summed E-state index contributed by atoms with van der Waals surface area (Å²) in [4.78, 5) is 22.5. The summed E-state index contributed by atoms with van der Waals surface area (Å²) in [5.74, 6) is 0.803. The average Bonchev–Trinajstić information content (AvgIpc) is 3.12. The lowest BCUT2D eigenvalue weighted by Gasteiger charge is -2.38. The van der Waals surface area contributed by atoms with Gasteiger partial charge in [0.1, 0.15) is 29.2 Å². The van der Waals surface area contributed by atoms with Crippen molar-refractivity contribution in [1.82, 2.24) is 24.6 Å². The summed E-state index contributed by atoms with van der Waals surface area (Å²) in [7, 11) is 1.54. The van der Waals surface area contributed by atoms with Crippen molar-refractivity contribution in [3.8, 4) is 17.0 Å². The number of nitrogen functional groups attached to an aromatic ring is 2. The predicted molar refractivity (Wildman–Crippen MR) is 128 cm³/mol. The molecule has 182 valence electrons. The topological polar surface area (TPSA) is 155 Å². The number of hydrogen-bond donors (Lipinski definition) is 3. The molecule has 1 aliphatic rings. The van der Waals surface area contributed by atoms with Crippen LogP contribution in [0.25, 0.3) is 22.3 Å². The summed E-state index contributed by atoms with van der Waals surface area (Å²) >= 11 is 0. The third-order valence-corrected chi connectivity index (χ3v) is 5.86. The number of aromatic nitrogens is 4. The maximum Gasteiger partial charge on any atom is 0.410 e. The van der Waals surface area contributed by atoms with Gasteiger partial charge in [0.15, 0.2) is 5.65 Å². The predicted octanol–water partition coefficient (Wildman–Crippen LogP) is 2.43. The van der Waals surface area contributed by atoms with E-state index in [4.69, 9.17) is 26.0 Å². The van der Waals surface area contributed by atoms with E-state index in [0.717, 1.165) is 5.56 Å². The van der Waals surface area contributed by atoms with Crippen molar-refractivity contribution >= 4 is 28.6 Å². The Bertz CT molecular complexity index is 1210. The largest absolute Gasteiger partial charge is 0.495 e. The van der Waals surface area contributed by atoms with E-state index < -0.39 is 11.2 Å². The van der Waals surface area contributed by atoms with Gasteiger partial charge < -0.3 is 30.9 Å². The number of nitrogens with zero attached hydrogens (tertiary/aromatic N) is 5. The van der Waals surface area contributed by atoms with Gasteiger partial charge in [-0.15, -0.1) is 0 Å². The number of piperidine rings is 1. The van der Waals surface area contributed by atoms with E-state index in [1.54, 1.807) is 28.8 Å². The number of likely N-dealkylation sites (tertiary alicyclic amines) is 1. The molecule has 1 aliphatic heterocycles. The first-order valence-electron chi connectivity index (χ1n) is 11.1. The zero-order valence-corrected chi connectivity index (χ0v) is 19.9. The number of benzene rings is 1. The molecule has 11 nitrogen and oxygen atoms in total. The van der Waals surface area contributed by atoms with Gasteiger partial charge in [-0.2, -0.15) is 5.10 Å². The molecule has 0 atom stereocenters. The molecule has 0 saturated carbocycles. The van der Waals surface area contributed by atoms with Gasteiger partial charge in [-0.25, -0.2) is 19.4 Å². The van der Waals surface area contributed by atoms with E-state index in [1.165, 1.54) is 6.33 Å². The van der Waals surface area contributed by atoms with Crippen molar-refractivity contribution in [3.63, 3.8) is 0 Å². The zero-order valence-electron chi connectivity index (χ0n) is 19.9. The monoisotopic (exact) mass is 469 g/mol. The third kappa shape index (κ3) is 4.69. The minimum absolute atomic E-state index is 0.189. The minimum atomic E-state index is -1.08. The molecular formula is C23H31N7O4. The van der Waals surface area contributed by atoms with Crippen molar-refractivity contribution in [2.24, 2.45) is 0 Å². The number of hydrogen-bond acceptors (Lipinski definition) is 9. The number of methoxy groups -OCH3 is 1. The molecule has 0 spiro atoms. The molecule has 1 saturated heterocycles. The lowest BCUT2D eigenvalue weighted by Crippen LogP contribution is -2.49. The van der Waals surface area contributed by atoms with Crippen LogP contribution in [0, 0.1) is 0 Å². The SMILES string of the molecule is COc1cc(-c2nn(CC3(O)CCN(C(=O)OC(C)(C)C)CC3)c3ncnc(N)c23)ccc1N. The molecule has 11 heteroatoms. The third-order valence-electron chi connectivity index (χ3n) is 5.86. The summed E-state index contributed by atoms with van der Waals surface area (Å²) < 4.78 is 12.4. The van der Waals surface area contributed by atoms with Crippen LogP contribution in [0.3, 0.4) is 0 Å². The van der Waals surface area contributed by atoms with E-state index in [0.29, 0.717) is 54.1 Å². The number of carbonyl (C=O) groups is 1. The van der Waals surface area contributed by atoms with E-state index in [2.05, 4.69) is 9.97 Å². The van der Waals surface area contributed by atoms with Gasteiger partial charge >= 0.3 is 6.09 Å². The zero-order chi connectivity index (χ0) is 24.7. The number of nitrogens with two attached hydrogens (primary N) is 2. The fraction of sp³-hybridized carbons (Fsp3) is 0.478. The summed E-state index contributed by atoms with van der Waals surface area (Å²) in [6.07, 6.45) is 1.75. The number of fused-ring (bicyclic) bond motifs is 1. The number of anilines is 2. The molecule has 34 heavy (non-hydrogen) atoms. The van der Waals surface area contributed by atoms with Gasteiger partial charge in [0, 0.05) is 18.7 Å². The molecule has 2 aromatic heterocycles. The van der Waals surface area contributed by atoms with Crippen LogP contribution in [0.1, 0.15) is 33.6 Å². The first-order valence-corrected chi connectivity index (χ1v) is 11.1. The fourth-order valence-electron chi connectivity index (χ4n) is 4.07. The second-order valence-corrected chi connectivity index (χ2v) is 9.61. The molecule has 1 amide bonds. The second kappa shape index (κ2) is 8.64. The molecule has 3 heterocycles. The lowest BCUT2D eigenvalue weighted by molar-refractivity contribution is -0.0425. The number of carbonyl (C=O) groups excluding carboxylic acids is 1. The fourth-order valence-corrected chi connectivity index (χ4v) is 4.07. The molecule has 3 aromatic rings.